The average molecular weight is 414 g/mol. The molecule has 0 aromatic carbocycles. The van der Waals surface area contributed by atoms with Gasteiger partial charge in [-0.2, -0.15) is 5.10 Å². The van der Waals surface area contributed by atoms with Crippen LogP contribution in [0.2, 0.25) is 0 Å². The zero-order valence-corrected chi connectivity index (χ0v) is 18.0. The molecule has 7 nitrogen and oxygen atoms in total. The maximum atomic E-state index is 12.6. The number of aromatic nitrogens is 2. The van der Waals surface area contributed by atoms with Crippen molar-refractivity contribution in [2.24, 2.45) is 5.92 Å². The van der Waals surface area contributed by atoms with Crippen LogP contribution < -0.4 is 10.6 Å². The van der Waals surface area contributed by atoms with Crippen LogP contribution >= 0.6 is 12.4 Å². The van der Waals surface area contributed by atoms with Gasteiger partial charge in [-0.3, -0.25) is 9.48 Å². The number of halogens is 1. The highest BCUT2D eigenvalue weighted by atomic mass is 35.5. The zero-order valence-electron chi connectivity index (χ0n) is 17.2. The topological polar surface area (TPSA) is 71.4 Å². The lowest BCUT2D eigenvalue weighted by Crippen LogP contribution is -2.50. The molecule has 0 bridgehead atoms. The summed E-state index contributed by atoms with van der Waals surface area (Å²) in [6.07, 6.45) is 6.29. The van der Waals surface area contributed by atoms with Crippen LogP contribution in [0, 0.1) is 5.92 Å². The minimum Gasteiger partial charge on any atom is -0.382 e. The average Bonchev–Trinajstić information content (AvgIpc) is 3.18. The van der Waals surface area contributed by atoms with E-state index in [-0.39, 0.29) is 24.4 Å². The van der Waals surface area contributed by atoms with Gasteiger partial charge in [0.2, 0.25) is 0 Å². The summed E-state index contributed by atoms with van der Waals surface area (Å²) < 4.78 is 7.37. The lowest BCUT2D eigenvalue weighted by molar-refractivity contribution is 0.0838. The van der Waals surface area contributed by atoms with Crippen LogP contribution in [0.5, 0.6) is 0 Å². The third-order valence-corrected chi connectivity index (χ3v) is 5.76. The molecule has 3 heterocycles. The number of carbonyl (C=O) groups excluding carboxylic acids is 1. The molecule has 1 aromatic rings. The smallest absolute Gasteiger partial charge is 0.272 e. The molecule has 2 N–H and O–H groups in total. The van der Waals surface area contributed by atoms with E-state index in [9.17, 15) is 4.79 Å². The molecule has 3 unspecified atom stereocenters. The predicted octanol–water partition coefficient (Wildman–Crippen LogP) is 2.10. The van der Waals surface area contributed by atoms with E-state index in [1.807, 2.05) is 23.9 Å². The van der Waals surface area contributed by atoms with Crippen LogP contribution in [-0.2, 0) is 4.74 Å². The summed E-state index contributed by atoms with van der Waals surface area (Å²) in [7, 11) is 0. The predicted molar refractivity (Wildman–Crippen MR) is 113 cm³/mol. The van der Waals surface area contributed by atoms with Gasteiger partial charge in [0.05, 0.1) is 6.04 Å². The standard InChI is InChI=1S/C20H35N5O2.ClH/c1-3-27-13-5-10-24-11-7-18(16(2)15-24)22-20(26)19-8-12-25(23-19)17-6-4-9-21-14-17;/h8,12,16-18,21H,3-7,9-11,13-15H2,1-2H3,(H,22,26);1H. The number of ether oxygens (including phenoxy) is 1. The Balaban J connectivity index is 0.00000280. The molecule has 0 aliphatic carbocycles. The Kier molecular flexibility index (Phi) is 9.71. The maximum Gasteiger partial charge on any atom is 0.272 e. The van der Waals surface area contributed by atoms with Crippen molar-refractivity contribution in [3.63, 3.8) is 0 Å². The van der Waals surface area contributed by atoms with Crippen molar-refractivity contribution in [2.45, 2.75) is 51.6 Å². The summed E-state index contributed by atoms with van der Waals surface area (Å²) in [5.74, 6) is 0.401. The minimum atomic E-state index is -0.0424. The highest BCUT2D eigenvalue weighted by molar-refractivity contribution is 5.92. The van der Waals surface area contributed by atoms with Crippen LogP contribution in [0.4, 0.5) is 0 Å². The maximum absolute atomic E-state index is 12.6. The molecular weight excluding hydrogens is 378 g/mol. The molecule has 2 saturated heterocycles. The Morgan fingerprint density at radius 3 is 3.00 bits per heavy atom. The lowest BCUT2D eigenvalue weighted by Gasteiger charge is -2.37. The number of nitrogens with zero attached hydrogens (tertiary/aromatic N) is 3. The fraction of sp³-hybridized carbons (Fsp3) is 0.800. The first-order valence-corrected chi connectivity index (χ1v) is 10.5. The second-order valence-corrected chi connectivity index (χ2v) is 7.88. The Hall–Kier alpha value is -1.15. The third kappa shape index (κ3) is 6.44. The van der Waals surface area contributed by atoms with Gasteiger partial charge in [-0.1, -0.05) is 6.92 Å². The lowest BCUT2D eigenvalue weighted by atomic mass is 9.93. The molecule has 3 atom stereocenters. The molecule has 28 heavy (non-hydrogen) atoms. The van der Waals surface area contributed by atoms with Crippen LogP contribution in [0.25, 0.3) is 0 Å². The molecular formula is C20H36ClN5O2. The molecule has 0 saturated carbocycles. The van der Waals surface area contributed by atoms with E-state index < -0.39 is 0 Å². The Morgan fingerprint density at radius 1 is 1.43 bits per heavy atom. The first kappa shape index (κ1) is 23.1. The molecule has 2 aliphatic rings. The summed E-state index contributed by atoms with van der Waals surface area (Å²) in [6, 6.07) is 2.43. The quantitative estimate of drug-likeness (QED) is 0.638. The molecule has 8 heteroatoms. The van der Waals surface area contributed by atoms with E-state index in [0.717, 1.165) is 71.6 Å². The SMILES string of the molecule is CCOCCCN1CCC(NC(=O)c2ccn(C3CCCNC3)n2)C(C)C1.Cl. The molecule has 1 aromatic heterocycles. The summed E-state index contributed by atoms with van der Waals surface area (Å²) in [4.78, 5) is 15.1. The number of likely N-dealkylation sites (tertiary alicyclic amines) is 1. The number of hydrogen-bond donors (Lipinski definition) is 2. The van der Waals surface area contributed by atoms with Gasteiger partial charge in [0, 0.05) is 51.6 Å². The van der Waals surface area contributed by atoms with Gasteiger partial charge in [0.15, 0.2) is 0 Å². The van der Waals surface area contributed by atoms with E-state index in [1.54, 1.807) is 0 Å². The second-order valence-electron chi connectivity index (χ2n) is 7.88. The molecule has 3 rings (SSSR count). The fourth-order valence-electron chi connectivity index (χ4n) is 4.15. The molecule has 1 amide bonds. The van der Waals surface area contributed by atoms with Crippen molar-refractivity contribution in [1.82, 2.24) is 25.3 Å². The Bertz CT molecular complexity index is 591. The monoisotopic (exact) mass is 413 g/mol. The fourth-order valence-corrected chi connectivity index (χ4v) is 4.15. The normalized spacial score (nSPS) is 25.9. The van der Waals surface area contributed by atoms with Gasteiger partial charge in [-0.25, -0.2) is 0 Å². The van der Waals surface area contributed by atoms with Gasteiger partial charge < -0.3 is 20.3 Å². The first-order valence-electron chi connectivity index (χ1n) is 10.5. The summed E-state index contributed by atoms with van der Waals surface area (Å²) in [5, 5.41) is 11.1. The third-order valence-electron chi connectivity index (χ3n) is 5.76. The van der Waals surface area contributed by atoms with E-state index >= 15 is 0 Å². The van der Waals surface area contributed by atoms with Crippen molar-refractivity contribution in [3.05, 3.63) is 18.0 Å². The number of rotatable bonds is 8. The van der Waals surface area contributed by atoms with Crippen LogP contribution in [0.3, 0.4) is 0 Å². The minimum absolute atomic E-state index is 0. The van der Waals surface area contributed by atoms with E-state index in [4.69, 9.17) is 4.74 Å². The van der Waals surface area contributed by atoms with Gasteiger partial charge in [0.1, 0.15) is 5.69 Å². The van der Waals surface area contributed by atoms with Crippen molar-refractivity contribution in [2.75, 3.05) is 45.9 Å². The Labute approximate surface area is 175 Å². The van der Waals surface area contributed by atoms with Gasteiger partial charge >= 0.3 is 0 Å². The summed E-state index contributed by atoms with van der Waals surface area (Å²) in [6.45, 7) is 11.0. The molecule has 2 fully saturated rings. The summed E-state index contributed by atoms with van der Waals surface area (Å²) >= 11 is 0. The van der Waals surface area contributed by atoms with Crippen molar-refractivity contribution in [3.8, 4) is 0 Å². The molecule has 160 valence electrons. The molecule has 0 spiro atoms. The Morgan fingerprint density at radius 2 is 2.29 bits per heavy atom. The van der Waals surface area contributed by atoms with Gasteiger partial charge in [-0.15, -0.1) is 12.4 Å². The van der Waals surface area contributed by atoms with Crippen molar-refractivity contribution < 1.29 is 9.53 Å². The summed E-state index contributed by atoms with van der Waals surface area (Å²) in [5.41, 5.74) is 0.534. The number of amides is 1. The highest BCUT2D eigenvalue weighted by Gasteiger charge is 2.28. The van der Waals surface area contributed by atoms with Crippen LogP contribution in [0.1, 0.15) is 56.1 Å². The van der Waals surface area contributed by atoms with Crippen molar-refractivity contribution >= 4 is 18.3 Å². The second kappa shape index (κ2) is 11.8. The van der Waals surface area contributed by atoms with Gasteiger partial charge in [-0.05, 0) is 51.1 Å². The van der Waals surface area contributed by atoms with E-state index in [2.05, 4.69) is 27.6 Å². The number of nitrogens with one attached hydrogen (secondary N) is 2. The van der Waals surface area contributed by atoms with E-state index in [1.165, 1.54) is 0 Å². The molecule has 2 aliphatic heterocycles. The highest BCUT2D eigenvalue weighted by Crippen LogP contribution is 2.19. The van der Waals surface area contributed by atoms with Crippen LogP contribution in [0.15, 0.2) is 12.3 Å². The largest absolute Gasteiger partial charge is 0.382 e. The van der Waals surface area contributed by atoms with E-state index in [0.29, 0.717) is 17.7 Å². The molecule has 0 radical (unpaired) electrons. The van der Waals surface area contributed by atoms with Crippen LogP contribution in [-0.4, -0.2) is 72.6 Å². The van der Waals surface area contributed by atoms with Gasteiger partial charge in [0.25, 0.3) is 5.91 Å². The van der Waals surface area contributed by atoms with Crippen molar-refractivity contribution in [1.29, 1.82) is 0 Å². The number of carbonyl (C=O) groups is 1. The first-order chi connectivity index (χ1) is 13.2. The number of piperidine rings is 2. The zero-order chi connectivity index (χ0) is 19.1. The number of hydrogen-bond acceptors (Lipinski definition) is 5.